The Morgan fingerprint density at radius 1 is 0.224 bits per heavy atom. The Kier molecular flexibility index (Phi) is 8.11. The molecule has 0 N–H and O–H groups in total. The molecule has 0 saturated heterocycles. The van der Waals surface area contributed by atoms with E-state index in [1.807, 2.05) is 24.3 Å². The maximum absolute atomic E-state index is 5.23. The molecule has 0 saturated carbocycles. The normalized spacial score (nSPS) is 11.4. The van der Waals surface area contributed by atoms with E-state index in [1.165, 1.54) is 32.7 Å². The monoisotopic (exact) mass is 738 g/mol. The van der Waals surface area contributed by atoms with Gasteiger partial charge in [-0.05, 0) is 80.2 Å². The first kappa shape index (κ1) is 33.5. The summed E-state index contributed by atoms with van der Waals surface area (Å²) in [5.41, 5.74) is 12.2. The van der Waals surface area contributed by atoms with Crippen molar-refractivity contribution < 1.29 is 0 Å². The van der Waals surface area contributed by atoms with Gasteiger partial charge in [-0.1, -0.05) is 170 Å². The van der Waals surface area contributed by atoms with Crippen LogP contribution in [0.25, 0.3) is 111 Å². The largest absolute Gasteiger partial charge is 0.228 e. The van der Waals surface area contributed by atoms with Gasteiger partial charge in [0.2, 0.25) is 0 Å². The zero-order chi connectivity index (χ0) is 38.4. The summed E-state index contributed by atoms with van der Waals surface area (Å²) < 4.78 is 0. The summed E-state index contributed by atoms with van der Waals surface area (Å²) in [6.45, 7) is 0. The van der Waals surface area contributed by atoms with Gasteiger partial charge >= 0.3 is 0 Å². The molecule has 0 aliphatic carbocycles. The van der Waals surface area contributed by atoms with Gasteiger partial charge in [0.05, 0.1) is 22.4 Å². The molecular weight excluding hydrogens is 705 g/mol. The molecule has 0 atom stereocenters. The molecule has 9 aromatic carbocycles. The lowest BCUT2D eigenvalue weighted by atomic mass is 9.97. The molecule has 4 heteroatoms. The average Bonchev–Trinajstić information content (AvgIpc) is 3.30. The Bertz CT molecular complexity index is 3130. The van der Waals surface area contributed by atoms with Crippen molar-refractivity contribution >= 4 is 43.4 Å². The summed E-state index contributed by atoms with van der Waals surface area (Å²) in [5, 5.41) is 6.94. The van der Waals surface area contributed by atoms with E-state index in [4.69, 9.17) is 19.9 Å². The molecule has 4 nitrogen and oxygen atoms in total. The van der Waals surface area contributed by atoms with Crippen LogP contribution in [0.15, 0.2) is 206 Å². The van der Waals surface area contributed by atoms with Gasteiger partial charge in [-0.15, -0.1) is 0 Å². The molecule has 58 heavy (non-hydrogen) atoms. The third-order valence-electron chi connectivity index (χ3n) is 11.0. The van der Waals surface area contributed by atoms with Crippen LogP contribution in [0.5, 0.6) is 0 Å². The number of hydrogen-bond donors (Lipinski definition) is 0. The summed E-state index contributed by atoms with van der Waals surface area (Å²) in [6.07, 6.45) is 0. The van der Waals surface area contributed by atoms with Crippen LogP contribution in [0.3, 0.4) is 0 Å². The predicted octanol–water partition coefficient (Wildman–Crippen LogP) is 13.9. The highest BCUT2D eigenvalue weighted by atomic mass is 14.9. The van der Waals surface area contributed by atoms with Gasteiger partial charge in [0.1, 0.15) is 0 Å². The van der Waals surface area contributed by atoms with E-state index in [9.17, 15) is 0 Å². The van der Waals surface area contributed by atoms with Crippen molar-refractivity contribution in [1.29, 1.82) is 0 Å². The summed E-state index contributed by atoms with van der Waals surface area (Å²) in [7, 11) is 0. The molecule has 0 fully saturated rings. The van der Waals surface area contributed by atoms with Crippen LogP contribution in [0.2, 0.25) is 0 Å². The quantitative estimate of drug-likeness (QED) is 0.170. The fraction of sp³-hybridized carbons (Fsp3) is 0. The van der Waals surface area contributed by atoms with Crippen molar-refractivity contribution in [2.75, 3.05) is 0 Å². The third kappa shape index (κ3) is 6.14. The number of benzene rings is 9. The minimum atomic E-state index is 0.669. The van der Waals surface area contributed by atoms with Crippen LogP contribution in [-0.4, -0.2) is 19.9 Å². The number of fused-ring (bicyclic) bond motifs is 4. The number of rotatable bonds is 6. The zero-order valence-electron chi connectivity index (χ0n) is 31.4. The Hall–Kier alpha value is -7.82. The zero-order valence-corrected chi connectivity index (χ0v) is 31.4. The number of aromatic nitrogens is 4. The van der Waals surface area contributed by atoms with Gasteiger partial charge in [-0.2, -0.15) is 0 Å². The lowest BCUT2D eigenvalue weighted by Crippen LogP contribution is -1.97. The Balaban J connectivity index is 0.961. The first-order valence-corrected chi connectivity index (χ1v) is 19.5. The second kappa shape index (κ2) is 14.0. The van der Waals surface area contributed by atoms with Gasteiger partial charge in [0, 0.05) is 33.0 Å². The minimum absolute atomic E-state index is 0.669. The number of hydrogen-bond acceptors (Lipinski definition) is 4. The third-order valence-corrected chi connectivity index (χ3v) is 11.0. The van der Waals surface area contributed by atoms with Crippen LogP contribution < -0.4 is 0 Å². The van der Waals surface area contributed by atoms with Crippen molar-refractivity contribution in [3.05, 3.63) is 206 Å². The Labute approximate surface area is 335 Å². The molecule has 0 bridgehead atoms. The topological polar surface area (TPSA) is 51.6 Å². The number of nitrogens with zero attached hydrogens (tertiary/aromatic N) is 4. The molecule has 11 aromatic rings. The summed E-state index contributed by atoms with van der Waals surface area (Å²) in [5.74, 6) is 1.34. The van der Waals surface area contributed by atoms with Crippen molar-refractivity contribution in [1.82, 2.24) is 19.9 Å². The highest BCUT2D eigenvalue weighted by molar-refractivity contribution is 5.97. The molecule has 270 valence electrons. The lowest BCUT2D eigenvalue weighted by molar-refractivity contribution is 1.22. The number of para-hydroxylation sites is 2. The van der Waals surface area contributed by atoms with E-state index in [0.29, 0.717) is 11.6 Å². The second-order valence-electron chi connectivity index (χ2n) is 14.7. The molecular formula is C54H34N4. The van der Waals surface area contributed by atoms with E-state index in [-0.39, 0.29) is 0 Å². The highest BCUT2D eigenvalue weighted by Gasteiger charge is 2.16. The maximum Gasteiger partial charge on any atom is 0.160 e. The molecule has 0 aliphatic heterocycles. The average molecular weight is 739 g/mol. The second-order valence-corrected chi connectivity index (χ2v) is 14.7. The van der Waals surface area contributed by atoms with E-state index in [0.717, 1.165) is 66.6 Å². The van der Waals surface area contributed by atoms with Crippen LogP contribution in [0.1, 0.15) is 0 Å². The van der Waals surface area contributed by atoms with Gasteiger partial charge in [-0.25, -0.2) is 19.9 Å². The minimum Gasteiger partial charge on any atom is -0.228 e. The van der Waals surface area contributed by atoms with E-state index >= 15 is 0 Å². The van der Waals surface area contributed by atoms with E-state index in [2.05, 4.69) is 182 Å². The molecule has 0 aliphatic rings. The molecule has 0 amide bonds. The molecule has 0 spiro atoms. The van der Waals surface area contributed by atoms with Crippen molar-refractivity contribution in [3.8, 4) is 67.5 Å². The van der Waals surface area contributed by atoms with Crippen LogP contribution in [0, 0.1) is 0 Å². The fourth-order valence-electron chi connectivity index (χ4n) is 8.05. The van der Waals surface area contributed by atoms with Crippen molar-refractivity contribution in [2.24, 2.45) is 0 Å². The first-order chi connectivity index (χ1) is 28.7. The van der Waals surface area contributed by atoms with Crippen molar-refractivity contribution in [3.63, 3.8) is 0 Å². The van der Waals surface area contributed by atoms with E-state index < -0.39 is 0 Å². The van der Waals surface area contributed by atoms with Gasteiger partial charge in [-0.3, -0.25) is 0 Å². The lowest BCUT2D eigenvalue weighted by Gasteiger charge is -2.12. The summed E-state index contributed by atoms with van der Waals surface area (Å²) in [6, 6.07) is 72.3. The van der Waals surface area contributed by atoms with Crippen LogP contribution >= 0.6 is 0 Å². The molecule has 2 heterocycles. The summed E-state index contributed by atoms with van der Waals surface area (Å²) in [4.78, 5) is 20.6. The predicted molar refractivity (Wildman–Crippen MR) is 240 cm³/mol. The smallest absolute Gasteiger partial charge is 0.160 e. The summed E-state index contributed by atoms with van der Waals surface area (Å²) >= 11 is 0. The standard InChI is InChI=1S/C54H34N4/c1-3-13-39-31-43(29-23-35(39)11-1)41-15-9-17-45(33-41)51-47-19-5-7-21-49(47)55-53(57-51)37-25-27-38(28-26-37)54-56-50-22-8-6-20-48(50)52(58-54)46-18-10-16-42(34-46)44-30-24-36-12-2-4-14-40(36)32-44/h1-34H. The molecule has 2 aromatic heterocycles. The molecule has 0 unspecified atom stereocenters. The Morgan fingerprint density at radius 2 is 0.586 bits per heavy atom. The molecule has 0 radical (unpaired) electrons. The van der Waals surface area contributed by atoms with Crippen LogP contribution in [0.4, 0.5) is 0 Å². The van der Waals surface area contributed by atoms with Gasteiger partial charge in [0.15, 0.2) is 11.6 Å². The Morgan fingerprint density at radius 3 is 1.05 bits per heavy atom. The van der Waals surface area contributed by atoms with Crippen molar-refractivity contribution in [2.45, 2.75) is 0 Å². The van der Waals surface area contributed by atoms with Gasteiger partial charge in [0.25, 0.3) is 0 Å². The van der Waals surface area contributed by atoms with Crippen LogP contribution in [-0.2, 0) is 0 Å². The maximum atomic E-state index is 5.23. The SMILES string of the molecule is c1cc(-c2ccc3ccccc3c2)cc(-c2nc(-c3ccc(-c4nc(-c5cccc(-c6ccc7ccccc7c6)c5)c5ccccc5n4)cc3)nc3ccccc23)c1. The van der Waals surface area contributed by atoms with Gasteiger partial charge < -0.3 is 0 Å². The fourth-order valence-corrected chi connectivity index (χ4v) is 8.05. The molecule has 11 rings (SSSR count). The highest BCUT2D eigenvalue weighted by Crippen LogP contribution is 2.35. The van der Waals surface area contributed by atoms with E-state index in [1.54, 1.807) is 0 Å². The first-order valence-electron chi connectivity index (χ1n) is 19.5.